The smallest absolute Gasteiger partial charge is 0.233 e. The largest absolute Gasteiger partial charge is 0.358 e. The molecule has 0 bridgehead atoms. The second-order valence-corrected chi connectivity index (χ2v) is 2.45. The Hall–Kier alpha value is -0.570. The van der Waals surface area contributed by atoms with Crippen molar-refractivity contribution in [3.05, 3.63) is 0 Å². The molecule has 0 spiro atoms. The number of carbonyl (C=O) groups excluding carboxylic acids is 1. The fraction of sp³-hybridized carbons (Fsp3) is 0.833. The highest BCUT2D eigenvalue weighted by atomic mass is 16.2. The van der Waals surface area contributed by atoms with Gasteiger partial charge in [0, 0.05) is 19.6 Å². The molecule has 0 aromatic heterocycles. The Kier molecular flexibility index (Phi) is 1.71. The third kappa shape index (κ3) is 1.68. The fourth-order valence-corrected chi connectivity index (χ4v) is 0.776. The van der Waals surface area contributed by atoms with Crippen LogP contribution in [0.1, 0.15) is 6.92 Å². The van der Waals surface area contributed by atoms with Crippen LogP contribution in [0.4, 0.5) is 0 Å². The summed E-state index contributed by atoms with van der Waals surface area (Å²) in [6.07, 6.45) is 0. The van der Waals surface area contributed by atoms with Gasteiger partial charge in [-0.1, -0.05) is 0 Å². The maximum absolute atomic E-state index is 10.7. The van der Waals surface area contributed by atoms with Gasteiger partial charge in [-0.05, 0) is 6.92 Å². The second kappa shape index (κ2) is 2.35. The van der Waals surface area contributed by atoms with Gasteiger partial charge in [-0.25, -0.2) is 0 Å². The molecule has 0 saturated carbocycles. The van der Waals surface area contributed by atoms with Crippen molar-refractivity contribution in [1.82, 2.24) is 10.2 Å². The summed E-state index contributed by atoms with van der Waals surface area (Å²) >= 11 is 0. The minimum absolute atomic E-state index is 0.111. The molecule has 1 rings (SSSR count). The molecule has 2 unspecified atom stereocenters. The number of hydrogen-bond donors (Lipinski definition) is 1. The first-order valence-electron chi connectivity index (χ1n) is 3.18. The Labute approximate surface area is 55.0 Å². The van der Waals surface area contributed by atoms with E-state index in [1.807, 2.05) is 0 Å². The third-order valence-corrected chi connectivity index (χ3v) is 1.61. The molecule has 9 heavy (non-hydrogen) atoms. The highest BCUT2D eigenvalue weighted by molar-refractivity contribution is 5.78. The molecule has 0 aliphatic carbocycles. The summed E-state index contributed by atoms with van der Waals surface area (Å²) in [6.45, 7) is 3.76. The van der Waals surface area contributed by atoms with E-state index in [-0.39, 0.29) is 5.91 Å². The topological polar surface area (TPSA) is 32.1 Å². The number of carbonyl (C=O) groups is 1. The van der Waals surface area contributed by atoms with Gasteiger partial charge < -0.3 is 5.32 Å². The first-order valence-corrected chi connectivity index (χ1v) is 3.18. The zero-order valence-corrected chi connectivity index (χ0v) is 5.85. The highest BCUT2D eigenvalue weighted by Gasteiger charge is 2.29. The van der Waals surface area contributed by atoms with Gasteiger partial charge in [0.1, 0.15) is 0 Å². The summed E-state index contributed by atoms with van der Waals surface area (Å²) in [4.78, 5) is 12.8. The van der Waals surface area contributed by atoms with Gasteiger partial charge >= 0.3 is 0 Å². The van der Waals surface area contributed by atoms with Gasteiger partial charge in [-0.15, -0.1) is 0 Å². The summed E-state index contributed by atoms with van der Waals surface area (Å²) in [5.74, 6) is 0.111. The number of likely N-dealkylation sites (N-methyl/N-ethyl adjacent to an activating group) is 1. The molecule has 0 radical (unpaired) electrons. The molecule has 1 aliphatic heterocycles. The van der Waals surface area contributed by atoms with Crippen LogP contribution in [0.25, 0.3) is 0 Å². The Balaban J connectivity index is 2.12. The summed E-state index contributed by atoms with van der Waals surface area (Å²) in [5.41, 5.74) is 0. The normalized spacial score (nSPS) is 31.8. The second-order valence-electron chi connectivity index (χ2n) is 2.45. The molecule has 1 heterocycles. The van der Waals surface area contributed by atoms with Crippen LogP contribution in [0.15, 0.2) is 0 Å². The minimum Gasteiger partial charge on any atom is -0.358 e. The number of nitrogens with one attached hydrogen (secondary N) is 1. The van der Waals surface area contributed by atoms with E-state index in [1.54, 1.807) is 7.05 Å². The van der Waals surface area contributed by atoms with E-state index in [0.717, 1.165) is 6.54 Å². The van der Waals surface area contributed by atoms with Crippen LogP contribution in [0.5, 0.6) is 0 Å². The van der Waals surface area contributed by atoms with Crippen LogP contribution in [-0.4, -0.2) is 37.0 Å². The summed E-state index contributed by atoms with van der Waals surface area (Å²) in [5, 5.41) is 2.58. The van der Waals surface area contributed by atoms with Crippen LogP contribution in [0.2, 0.25) is 0 Å². The highest BCUT2D eigenvalue weighted by Crippen LogP contribution is 2.13. The van der Waals surface area contributed by atoms with E-state index in [4.69, 9.17) is 0 Å². The van der Waals surface area contributed by atoms with E-state index in [2.05, 4.69) is 17.1 Å². The predicted molar refractivity (Wildman–Crippen MR) is 35.1 cm³/mol. The van der Waals surface area contributed by atoms with Gasteiger partial charge in [0.25, 0.3) is 0 Å². The maximum Gasteiger partial charge on any atom is 0.233 e. The first-order chi connectivity index (χ1) is 4.24. The standard InChI is InChI=1S/C6H12N2O/c1-5-3-8(5)4-6(9)7-2/h5H,3-4H2,1-2H3,(H,7,9). The van der Waals surface area contributed by atoms with Crippen molar-refractivity contribution in [3.8, 4) is 0 Å². The average molecular weight is 128 g/mol. The molecule has 0 aromatic carbocycles. The van der Waals surface area contributed by atoms with Crippen LogP contribution in [0.3, 0.4) is 0 Å². The molecule has 52 valence electrons. The summed E-state index contributed by atoms with van der Waals surface area (Å²) in [7, 11) is 1.66. The van der Waals surface area contributed by atoms with Crippen molar-refractivity contribution in [2.24, 2.45) is 0 Å². The molecule has 3 nitrogen and oxygen atoms in total. The Morgan fingerprint density at radius 3 is 2.78 bits per heavy atom. The Morgan fingerprint density at radius 2 is 2.44 bits per heavy atom. The van der Waals surface area contributed by atoms with Gasteiger partial charge in [0.2, 0.25) is 5.91 Å². The molecule has 1 fully saturated rings. The fourth-order valence-electron chi connectivity index (χ4n) is 0.776. The van der Waals surface area contributed by atoms with Crippen molar-refractivity contribution in [3.63, 3.8) is 0 Å². The van der Waals surface area contributed by atoms with Gasteiger partial charge in [0.05, 0.1) is 6.54 Å². The predicted octanol–water partition coefficient (Wildman–Crippen LogP) is -0.563. The SMILES string of the molecule is CNC(=O)CN1CC1C. The van der Waals surface area contributed by atoms with Crippen molar-refractivity contribution in [2.45, 2.75) is 13.0 Å². The van der Waals surface area contributed by atoms with Crippen molar-refractivity contribution < 1.29 is 4.79 Å². The van der Waals surface area contributed by atoms with Crippen molar-refractivity contribution in [1.29, 1.82) is 0 Å². The number of hydrogen-bond acceptors (Lipinski definition) is 2. The Morgan fingerprint density at radius 1 is 1.89 bits per heavy atom. The third-order valence-electron chi connectivity index (χ3n) is 1.61. The zero-order valence-electron chi connectivity index (χ0n) is 5.85. The molecule has 1 N–H and O–H groups in total. The molecule has 1 aliphatic rings. The van der Waals surface area contributed by atoms with Crippen molar-refractivity contribution >= 4 is 5.91 Å². The lowest BCUT2D eigenvalue weighted by Crippen LogP contribution is -2.26. The molecule has 2 atom stereocenters. The summed E-state index contributed by atoms with van der Waals surface area (Å²) in [6, 6.07) is 0.627. The Bertz CT molecular complexity index is 124. The summed E-state index contributed by atoms with van der Waals surface area (Å²) < 4.78 is 0. The molecular weight excluding hydrogens is 116 g/mol. The number of amides is 1. The first kappa shape index (κ1) is 6.55. The zero-order chi connectivity index (χ0) is 6.85. The van der Waals surface area contributed by atoms with Crippen LogP contribution < -0.4 is 5.32 Å². The molecule has 3 heteroatoms. The minimum atomic E-state index is 0.111. The lowest BCUT2D eigenvalue weighted by molar-refractivity contribution is -0.120. The molecule has 1 amide bonds. The monoisotopic (exact) mass is 128 g/mol. The van der Waals surface area contributed by atoms with E-state index in [9.17, 15) is 4.79 Å². The van der Waals surface area contributed by atoms with E-state index in [1.165, 1.54) is 0 Å². The number of rotatable bonds is 2. The van der Waals surface area contributed by atoms with Gasteiger partial charge in [0.15, 0.2) is 0 Å². The van der Waals surface area contributed by atoms with Crippen molar-refractivity contribution in [2.75, 3.05) is 20.1 Å². The average Bonchev–Trinajstić information content (AvgIpc) is 2.47. The number of nitrogens with zero attached hydrogens (tertiary/aromatic N) is 1. The lowest BCUT2D eigenvalue weighted by Gasteiger charge is -1.98. The van der Waals surface area contributed by atoms with E-state index >= 15 is 0 Å². The van der Waals surface area contributed by atoms with E-state index < -0.39 is 0 Å². The quantitative estimate of drug-likeness (QED) is 0.505. The molecule has 0 aromatic rings. The van der Waals surface area contributed by atoms with Gasteiger partial charge in [-0.3, -0.25) is 9.69 Å². The molecular formula is C6H12N2O. The lowest BCUT2D eigenvalue weighted by atomic mass is 10.5. The van der Waals surface area contributed by atoms with Crippen LogP contribution in [-0.2, 0) is 4.79 Å². The van der Waals surface area contributed by atoms with Crippen LogP contribution >= 0.6 is 0 Å². The van der Waals surface area contributed by atoms with Crippen LogP contribution in [0, 0.1) is 0 Å². The molecule has 1 saturated heterocycles. The van der Waals surface area contributed by atoms with E-state index in [0.29, 0.717) is 12.6 Å². The maximum atomic E-state index is 10.7. The van der Waals surface area contributed by atoms with Gasteiger partial charge in [-0.2, -0.15) is 0 Å².